The van der Waals surface area contributed by atoms with E-state index in [-0.39, 0.29) is 34.4 Å². The van der Waals surface area contributed by atoms with Crippen LogP contribution in [-0.2, 0) is 6.18 Å². The van der Waals surface area contributed by atoms with Crippen LogP contribution in [0, 0.1) is 60.6 Å². The predicted molar refractivity (Wildman–Crippen MR) is 133 cm³/mol. The molecule has 0 spiro atoms. The average Bonchev–Trinajstić information content (AvgIpc) is 3.59. The molecule has 4 aromatic rings. The highest BCUT2D eigenvalue weighted by Gasteiger charge is 2.37. The normalized spacial score (nSPS) is 10.7. The van der Waals surface area contributed by atoms with Gasteiger partial charge in [0.05, 0.1) is 35.9 Å². The fourth-order valence-electron chi connectivity index (χ4n) is 3.83. The Morgan fingerprint density at radius 2 is 1.41 bits per heavy atom. The molecule has 10 nitrogen and oxygen atoms in total. The summed E-state index contributed by atoms with van der Waals surface area (Å²) in [6.07, 6.45) is -6.40. The van der Waals surface area contributed by atoms with E-state index in [4.69, 9.17) is 28.6 Å². The van der Waals surface area contributed by atoms with E-state index in [1.54, 1.807) is 25.1 Å². The third kappa shape index (κ3) is 5.04. The third-order valence-electron chi connectivity index (χ3n) is 5.78. The van der Waals surface area contributed by atoms with E-state index in [0.29, 0.717) is 22.8 Å². The van der Waals surface area contributed by atoms with Crippen molar-refractivity contribution in [1.29, 1.82) is 15.8 Å². The van der Waals surface area contributed by atoms with Crippen LogP contribution in [0.2, 0.25) is 0 Å². The number of nitrogens with zero attached hydrogens (tertiary/aromatic N) is 8. The SMILES string of the molecule is [C-]#[N+]c1ccc(-c2nc(C(C#N)C#N)oc2-c2oc(C([N+]#[C-])[N+]#[C-])nc2-c2ccc(C#N)c(C)c2)cc1C(F)(F)F. The number of halogens is 3. The second kappa shape index (κ2) is 10.8. The van der Waals surface area contributed by atoms with Crippen molar-refractivity contribution in [3.05, 3.63) is 99.1 Å². The summed E-state index contributed by atoms with van der Waals surface area (Å²) in [4.78, 5) is 17.7. The highest BCUT2D eigenvalue weighted by molar-refractivity contribution is 5.84. The van der Waals surface area contributed by atoms with Gasteiger partial charge in [0.15, 0.2) is 11.4 Å². The summed E-state index contributed by atoms with van der Waals surface area (Å²) in [7, 11) is 0. The molecule has 0 aliphatic rings. The molecule has 0 aliphatic carbocycles. The molecule has 0 amide bonds. The van der Waals surface area contributed by atoms with Gasteiger partial charge in [-0.1, -0.05) is 24.3 Å². The van der Waals surface area contributed by atoms with Crippen molar-refractivity contribution in [2.24, 2.45) is 0 Å². The molecule has 0 saturated heterocycles. The van der Waals surface area contributed by atoms with Crippen LogP contribution in [0.25, 0.3) is 48.6 Å². The molecule has 2 heterocycles. The molecular formula is C28H11F3N8O2. The van der Waals surface area contributed by atoms with E-state index in [1.807, 2.05) is 6.07 Å². The summed E-state index contributed by atoms with van der Waals surface area (Å²) in [6.45, 7) is 23.4. The van der Waals surface area contributed by atoms with E-state index >= 15 is 0 Å². The van der Waals surface area contributed by atoms with Crippen molar-refractivity contribution in [2.45, 2.75) is 25.2 Å². The smallest absolute Gasteiger partial charge is 0.434 e. The number of alkyl halides is 3. The largest absolute Gasteiger partial charge is 0.553 e. The summed E-state index contributed by atoms with van der Waals surface area (Å²) < 4.78 is 52.8. The lowest BCUT2D eigenvalue weighted by Gasteiger charge is -2.10. The predicted octanol–water partition coefficient (Wildman–Crippen LogP) is 7.38. The number of hydrogen-bond donors (Lipinski definition) is 0. The maximum absolute atomic E-state index is 13.8. The molecule has 0 unspecified atom stereocenters. The average molecular weight is 548 g/mol. The highest BCUT2D eigenvalue weighted by atomic mass is 19.4. The maximum Gasteiger partial charge on any atom is 0.553 e. The standard InChI is InChI=1S/C28H11F3N8O2/c1-14-9-15(5-6-17(14)11-32)21-24(41-27(39-21)25(36-3)37-4)23-22(38-26(40-23)18(12-33)13-34)16-7-8-20(35-2)19(10-16)28(29,30)31/h5-10,18,25H,1H3. The van der Waals surface area contributed by atoms with E-state index in [2.05, 4.69) is 24.5 Å². The molecule has 13 heteroatoms. The van der Waals surface area contributed by atoms with Gasteiger partial charge >= 0.3 is 18.2 Å². The zero-order valence-electron chi connectivity index (χ0n) is 20.6. The van der Waals surface area contributed by atoms with Gasteiger partial charge in [0, 0.05) is 11.1 Å². The molecule has 0 atom stereocenters. The summed E-state index contributed by atoms with van der Waals surface area (Å²) in [5.74, 6) is -2.91. The Kier molecular flexibility index (Phi) is 7.25. The Bertz CT molecular complexity index is 1920. The van der Waals surface area contributed by atoms with Crippen LogP contribution < -0.4 is 0 Å². The molecule has 0 N–H and O–H groups in total. The van der Waals surface area contributed by atoms with Gasteiger partial charge in [-0.3, -0.25) is 0 Å². The van der Waals surface area contributed by atoms with Crippen molar-refractivity contribution in [3.8, 4) is 52.2 Å². The molecule has 0 radical (unpaired) electrons. The molecular weight excluding hydrogens is 537 g/mol. The van der Waals surface area contributed by atoms with E-state index in [1.165, 1.54) is 18.2 Å². The van der Waals surface area contributed by atoms with Gasteiger partial charge in [-0.25, -0.2) is 32.7 Å². The lowest BCUT2D eigenvalue weighted by Crippen LogP contribution is -2.05. The number of oxazole rings is 2. The van der Waals surface area contributed by atoms with Crippen LogP contribution in [0.4, 0.5) is 18.9 Å². The van der Waals surface area contributed by atoms with Crippen LogP contribution in [0.1, 0.15) is 40.6 Å². The summed E-state index contributed by atoms with van der Waals surface area (Å²) in [6, 6.07) is 12.8. The number of aromatic nitrogens is 2. The van der Waals surface area contributed by atoms with Gasteiger partial charge in [-0.2, -0.15) is 33.9 Å². The first-order chi connectivity index (χ1) is 19.6. The van der Waals surface area contributed by atoms with Crippen molar-refractivity contribution < 1.29 is 22.0 Å². The molecule has 196 valence electrons. The molecule has 41 heavy (non-hydrogen) atoms. The van der Waals surface area contributed by atoms with Gasteiger partial charge in [0.25, 0.3) is 0 Å². The number of rotatable bonds is 5. The quantitative estimate of drug-likeness (QED) is 0.237. The first-order valence-electron chi connectivity index (χ1n) is 11.2. The van der Waals surface area contributed by atoms with Gasteiger partial charge in [0.1, 0.15) is 11.4 Å². The lowest BCUT2D eigenvalue weighted by atomic mass is 10.0. The minimum Gasteiger partial charge on any atom is -0.434 e. The maximum atomic E-state index is 13.8. The van der Waals surface area contributed by atoms with Crippen molar-refractivity contribution in [2.75, 3.05) is 0 Å². The highest BCUT2D eigenvalue weighted by Crippen LogP contribution is 2.44. The summed E-state index contributed by atoms with van der Waals surface area (Å²) in [5.41, 5.74) is -1.11. The molecule has 2 aromatic heterocycles. The van der Waals surface area contributed by atoms with Gasteiger partial charge in [0.2, 0.25) is 17.6 Å². The molecule has 2 aromatic carbocycles. The van der Waals surface area contributed by atoms with E-state index in [0.717, 1.165) is 6.07 Å². The second-order valence-electron chi connectivity index (χ2n) is 8.27. The monoisotopic (exact) mass is 548 g/mol. The van der Waals surface area contributed by atoms with Crippen molar-refractivity contribution >= 4 is 5.69 Å². The Morgan fingerprint density at radius 1 is 0.854 bits per heavy atom. The summed E-state index contributed by atoms with van der Waals surface area (Å²) >= 11 is 0. The van der Waals surface area contributed by atoms with Gasteiger partial charge in [-0.05, 0) is 24.6 Å². The van der Waals surface area contributed by atoms with Crippen LogP contribution >= 0.6 is 0 Å². The van der Waals surface area contributed by atoms with Crippen LogP contribution in [0.5, 0.6) is 0 Å². The van der Waals surface area contributed by atoms with E-state index in [9.17, 15) is 29.0 Å². The number of benzene rings is 2. The molecule has 0 bridgehead atoms. The minimum absolute atomic E-state index is 0.00753. The van der Waals surface area contributed by atoms with Gasteiger partial charge < -0.3 is 8.83 Å². The first-order valence-corrected chi connectivity index (χ1v) is 11.2. The molecule has 0 fully saturated rings. The van der Waals surface area contributed by atoms with Crippen LogP contribution in [0.3, 0.4) is 0 Å². The van der Waals surface area contributed by atoms with Crippen molar-refractivity contribution in [1.82, 2.24) is 9.97 Å². The zero-order chi connectivity index (χ0) is 29.9. The lowest BCUT2D eigenvalue weighted by molar-refractivity contribution is -0.136. The van der Waals surface area contributed by atoms with Crippen LogP contribution in [0.15, 0.2) is 45.2 Å². The Morgan fingerprint density at radius 3 is 1.93 bits per heavy atom. The summed E-state index contributed by atoms with van der Waals surface area (Å²) in [5, 5.41) is 28.1. The third-order valence-corrected chi connectivity index (χ3v) is 5.78. The number of hydrogen-bond acceptors (Lipinski definition) is 7. The van der Waals surface area contributed by atoms with Gasteiger partial charge in [-0.15, -0.1) is 0 Å². The fourth-order valence-corrected chi connectivity index (χ4v) is 3.83. The topological polar surface area (TPSA) is 137 Å². The fraction of sp³-hybridized carbons (Fsp3) is 0.143. The number of aryl methyl sites for hydroxylation is 1. The molecule has 0 aliphatic heterocycles. The van der Waals surface area contributed by atoms with E-state index < -0.39 is 35.4 Å². The first kappa shape index (κ1) is 27.6. The minimum atomic E-state index is -4.90. The Hall–Kier alpha value is -6.41. The van der Waals surface area contributed by atoms with Crippen LogP contribution in [-0.4, -0.2) is 9.97 Å². The Labute approximate surface area is 230 Å². The van der Waals surface area contributed by atoms with Crippen molar-refractivity contribution in [3.63, 3.8) is 0 Å². The number of nitriles is 3. The Balaban J connectivity index is 2.08. The zero-order valence-corrected chi connectivity index (χ0v) is 20.6. The second-order valence-corrected chi connectivity index (χ2v) is 8.27. The molecule has 0 saturated carbocycles. The molecule has 4 rings (SSSR count).